The van der Waals surface area contributed by atoms with Gasteiger partial charge in [-0.1, -0.05) is 36.4 Å². The van der Waals surface area contributed by atoms with Crippen molar-refractivity contribution >= 4 is 17.9 Å². The van der Waals surface area contributed by atoms with Crippen molar-refractivity contribution in [2.24, 2.45) is 0 Å². The number of alkyl carbamates (subject to hydrolysis) is 1. The van der Waals surface area contributed by atoms with E-state index in [4.69, 9.17) is 15.2 Å². The lowest BCUT2D eigenvalue weighted by atomic mass is 9.90. The first-order chi connectivity index (χ1) is 17.8. The lowest BCUT2D eigenvalue weighted by molar-refractivity contribution is 0.00744. The molecule has 2 aromatic carbocycles. The van der Waals surface area contributed by atoms with Crippen LogP contribution in [0.3, 0.4) is 0 Å². The molecule has 2 aliphatic rings. The van der Waals surface area contributed by atoms with E-state index in [1.54, 1.807) is 0 Å². The summed E-state index contributed by atoms with van der Waals surface area (Å²) < 4.78 is 11.3. The lowest BCUT2D eigenvalue weighted by Gasteiger charge is -2.38. The van der Waals surface area contributed by atoms with Crippen molar-refractivity contribution in [3.63, 3.8) is 0 Å². The summed E-state index contributed by atoms with van der Waals surface area (Å²) in [7, 11) is 0. The van der Waals surface area contributed by atoms with Crippen LogP contribution in [0, 0.1) is 0 Å². The Balaban J connectivity index is 1.42. The largest absolute Gasteiger partial charge is 0.444 e. The third kappa shape index (κ3) is 7.42. The molecule has 7 nitrogen and oxygen atoms in total. The van der Waals surface area contributed by atoms with Gasteiger partial charge in [0, 0.05) is 29.7 Å². The molecule has 0 saturated heterocycles. The van der Waals surface area contributed by atoms with E-state index in [9.17, 15) is 9.59 Å². The van der Waals surface area contributed by atoms with Gasteiger partial charge in [-0.2, -0.15) is 0 Å². The summed E-state index contributed by atoms with van der Waals surface area (Å²) in [6.45, 7) is 11.3. The highest BCUT2D eigenvalue weighted by Crippen LogP contribution is 2.47. The highest BCUT2D eigenvalue weighted by molar-refractivity contribution is 5.71. The predicted octanol–water partition coefficient (Wildman–Crippen LogP) is 6.86. The maximum Gasteiger partial charge on any atom is 0.410 e. The van der Waals surface area contributed by atoms with Crippen molar-refractivity contribution < 1.29 is 19.1 Å². The first kappa shape index (κ1) is 27.8. The van der Waals surface area contributed by atoms with E-state index < -0.39 is 11.2 Å². The molecule has 2 amide bonds. The Morgan fingerprint density at radius 1 is 0.868 bits per heavy atom. The molecule has 0 spiro atoms. The number of benzene rings is 2. The number of carbonyl (C=O) groups excluding carboxylic acids is 2. The average molecular weight is 522 g/mol. The minimum absolute atomic E-state index is 0.0520. The number of ether oxygens (including phenoxy) is 2. The number of hydrogen-bond acceptors (Lipinski definition) is 5. The molecule has 2 atom stereocenters. The number of hydrogen-bond donors (Lipinski definition) is 2. The molecule has 206 valence electrons. The van der Waals surface area contributed by atoms with Gasteiger partial charge >= 0.3 is 12.2 Å². The second-order valence-electron chi connectivity index (χ2n) is 12.7. The van der Waals surface area contributed by atoms with Crippen molar-refractivity contribution in [2.75, 3.05) is 5.73 Å². The molecular weight excluding hydrogens is 478 g/mol. The van der Waals surface area contributed by atoms with Crippen LogP contribution >= 0.6 is 0 Å². The molecule has 2 fully saturated rings. The van der Waals surface area contributed by atoms with Crippen molar-refractivity contribution in [2.45, 2.75) is 109 Å². The zero-order chi connectivity index (χ0) is 27.7. The maximum atomic E-state index is 13.4. The average Bonchev–Trinajstić information content (AvgIpc) is 3.58. The van der Waals surface area contributed by atoms with E-state index in [1.807, 2.05) is 64.6 Å². The first-order valence-electron chi connectivity index (χ1n) is 13.8. The number of nitrogens with two attached hydrogens (primary N) is 1. The first-order valence-corrected chi connectivity index (χ1v) is 13.8. The van der Waals surface area contributed by atoms with Crippen LogP contribution < -0.4 is 11.1 Å². The number of nitrogen functional groups attached to an aromatic ring is 1. The molecule has 0 aromatic heterocycles. The highest BCUT2D eigenvalue weighted by atomic mass is 16.6. The number of nitrogens with zero attached hydrogens (tertiary/aromatic N) is 1. The van der Waals surface area contributed by atoms with Crippen LogP contribution in [0.2, 0.25) is 0 Å². The minimum Gasteiger partial charge on any atom is -0.444 e. The molecule has 0 heterocycles. The Morgan fingerprint density at radius 3 is 2.08 bits per heavy atom. The van der Waals surface area contributed by atoms with Crippen LogP contribution in [0.25, 0.3) is 11.1 Å². The van der Waals surface area contributed by atoms with E-state index in [0.29, 0.717) is 0 Å². The minimum atomic E-state index is -0.561. The van der Waals surface area contributed by atoms with Crippen molar-refractivity contribution in [3.8, 4) is 11.1 Å². The smallest absolute Gasteiger partial charge is 0.410 e. The van der Waals surface area contributed by atoms with Gasteiger partial charge in [0.15, 0.2) is 0 Å². The van der Waals surface area contributed by atoms with Crippen molar-refractivity contribution in [1.29, 1.82) is 0 Å². The molecular formula is C31H43N3O4. The molecule has 0 unspecified atom stereocenters. The Bertz CT molecular complexity index is 1130. The summed E-state index contributed by atoms with van der Waals surface area (Å²) in [4.78, 5) is 27.6. The van der Waals surface area contributed by atoms with Gasteiger partial charge in [-0.3, -0.25) is 0 Å². The molecule has 0 aliphatic heterocycles. The van der Waals surface area contributed by atoms with Gasteiger partial charge in [0.1, 0.15) is 11.2 Å². The third-order valence-electron chi connectivity index (χ3n) is 7.09. The molecule has 2 saturated carbocycles. The fourth-order valence-electron chi connectivity index (χ4n) is 5.33. The topological polar surface area (TPSA) is 93.9 Å². The van der Waals surface area contributed by atoms with Gasteiger partial charge in [0.25, 0.3) is 0 Å². The quantitative estimate of drug-likeness (QED) is 0.419. The zero-order valence-electron chi connectivity index (χ0n) is 23.6. The lowest BCUT2D eigenvalue weighted by Crippen LogP contribution is -2.49. The Labute approximate surface area is 227 Å². The fourth-order valence-corrected chi connectivity index (χ4v) is 5.33. The SMILES string of the molecule is CC(C)(C)OC(=O)NC1CCC(N(C(=O)OC(C)(C)C)[C@H]2C[C@@H]2c2ccc(-c3cccc(N)c3)cc2)CC1. The summed E-state index contributed by atoms with van der Waals surface area (Å²) in [5, 5.41) is 3.00. The summed E-state index contributed by atoms with van der Waals surface area (Å²) in [6.07, 6.45) is 3.53. The number of anilines is 1. The second kappa shape index (κ2) is 10.9. The number of amides is 2. The summed E-state index contributed by atoms with van der Waals surface area (Å²) >= 11 is 0. The van der Waals surface area contributed by atoms with Gasteiger partial charge in [-0.15, -0.1) is 0 Å². The highest BCUT2D eigenvalue weighted by Gasteiger charge is 2.49. The van der Waals surface area contributed by atoms with E-state index >= 15 is 0 Å². The maximum absolute atomic E-state index is 13.4. The van der Waals surface area contributed by atoms with Crippen LogP contribution in [0.1, 0.15) is 85.1 Å². The molecule has 3 N–H and O–H groups in total. The summed E-state index contributed by atoms with van der Waals surface area (Å²) in [5.41, 5.74) is 9.07. The monoisotopic (exact) mass is 521 g/mol. The van der Waals surface area contributed by atoms with Crippen molar-refractivity contribution in [3.05, 3.63) is 54.1 Å². The Morgan fingerprint density at radius 2 is 1.50 bits per heavy atom. The molecule has 38 heavy (non-hydrogen) atoms. The van der Waals surface area contributed by atoms with Crippen LogP contribution in [-0.4, -0.2) is 46.4 Å². The van der Waals surface area contributed by atoms with Gasteiger partial charge in [-0.25, -0.2) is 9.59 Å². The van der Waals surface area contributed by atoms with E-state index in [2.05, 4.69) is 35.6 Å². The van der Waals surface area contributed by atoms with E-state index in [0.717, 1.165) is 48.9 Å². The summed E-state index contributed by atoms with van der Waals surface area (Å²) in [5.74, 6) is 0.287. The molecule has 4 rings (SSSR count). The summed E-state index contributed by atoms with van der Waals surface area (Å²) in [6, 6.07) is 16.7. The van der Waals surface area contributed by atoms with E-state index in [-0.39, 0.29) is 36.2 Å². The molecule has 0 radical (unpaired) electrons. The van der Waals surface area contributed by atoms with Gasteiger partial charge in [0.2, 0.25) is 0 Å². The molecule has 2 aromatic rings. The van der Waals surface area contributed by atoms with Crippen LogP contribution in [0.5, 0.6) is 0 Å². The van der Waals surface area contributed by atoms with Crippen molar-refractivity contribution in [1.82, 2.24) is 10.2 Å². The second-order valence-corrected chi connectivity index (χ2v) is 12.7. The Kier molecular flexibility index (Phi) is 7.96. The van der Waals surface area contributed by atoms with Gasteiger partial charge in [0.05, 0.1) is 0 Å². The van der Waals surface area contributed by atoms with E-state index in [1.165, 1.54) is 5.56 Å². The fraction of sp³-hybridized carbons (Fsp3) is 0.548. The standard InChI is InChI=1S/C31H43N3O4/c1-30(2,3)37-28(35)33-24-14-16-25(17-15-24)34(29(36)38-31(4,5)6)27-19-26(27)21-12-10-20(11-13-21)22-8-7-9-23(32)18-22/h7-13,18,24-27H,14-17,19,32H2,1-6H3,(H,33,35)/t24?,25?,26-,27+/m1/s1. The number of nitrogens with one attached hydrogen (secondary N) is 1. The molecule has 7 heteroatoms. The van der Waals surface area contributed by atoms with Gasteiger partial charge in [-0.05, 0) is 102 Å². The zero-order valence-corrected chi connectivity index (χ0v) is 23.6. The van der Waals surface area contributed by atoms with Crippen LogP contribution in [0.4, 0.5) is 15.3 Å². The normalized spacial score (nSPS) is 23.3. The Hall–Kier alpha value is -3.22. The number of rotatable bonds is 5. The van der Waals surface area contributed by atoms with Gasteiger partial charge < -0.3 is 25.4 Å². The number of carbonyl (C=O) groups is 2. The van der Waals surface area contributed by atoms with Crippen LogP contribution in [0.15, 0.2) is 48.5 Å². The predicted molar refractivity (Wildman–Crippen MR) is 151 cm³/mol. The van der Waals surface area contributed by atoms with Crippen LogP contribution in [-0.2, 0) is 9.47 Å². The molecule has 0 bridgehead atoms. The molecule has 2 aliphatic carbocycles. The third-order valence-corrected chi connectivity index (χ3v) is 7.09.